The fraction of sp³-hybridized carbons (Fsp3) is 0.360. The van der Waals surface area contributed by atoms with Crippen molar-refractivity contribution in [2.24, 2.45) is 0 Å². The standard InChI is InChI=1S/C25H25N5O3S/c31-21-8-11-26-25-22(21)23(17-9-12-34(32,33)13-10-17)29-24-19(15-28-30(24)25)18-6-7-20(27-14-18)16-4-2-1-3-5-16/h2,4-7,14-15,17,26H,1,3,8-13H2. The van der Waals surface area contributed by atoms with Crippen LogP contribution in [0.1, 0.15) is 59.8 Å². The van der Waals surface area contributed by atoms with Gasteiger partial charge in [-0.05, 0) is 37.3 Å². The number of ketones is 1. The number of carbonyl (C=O) groups is 1. The van der Waals surface area contributed by atoms with Gasteiger partial charge in [-0.2, -0.15) is 9.61 Å². The molecule has 5 heterocycles. The van der Waals surface area contributed by atoms with Gasteiger partial charge in [0.1, 0.15) is 15.7 Å². The van der Waals surface area contributed by atoms with Crippen LogP contribution in [0.3, 0.4) is 0 Å². The molecule has 1 aliphatic carbocycles. The number of hydrogen-bond acceptors (Lipinski definition) is 7. The molecule has 0 unspecified atom stereocenters. The van der Waals surface area contributed by atoms with Crippen molar-refractivity contribution in [3.8, 4) is 11.1 Å². The molecule has 6 rings (SSSR count). The molecule has 0 saturated carbocycles. The van der Waals surface area contributed by atoms with Crippen LogP contribution in [-0.2, 0) is 9.84 Å². The maximum Gasteiger partial charge on any atom is 0.170 e. The van der Waals surface area contributed by atoms with Crippen molar-refractivity contribution < 1.29 is 13.2 Å². The minimum atomic E-state index is -3.02. The molecule has 34 heavy (non-hydrogen) atoms. The molecule has 8 nitrogen and oxygen atoms in total. The quantitative estimate of drug-likeness (QED) is 0.614. The van der Waals surface area contributed by atoms with Crippen molar-refractivity contribution in [2.45, 2.75) is 38.0 Å². The first-order valence-corrected chi connectivity index (χ1v) is 13.5. The van der Waals surface area contributed by atoms with Crippen molar-refractivity contribution in [3.63, 3.8) is 0 Å². The fourth-order valence-electron chi connectivity index (χ4n) is 5.06. The molecule has 174 valence electrons. The summed E-state index contributed by atoms with van der Waals surface area (Å²) in [6, 6.07) is 4.03. The molecular weight excluding hydrogens is 450 g/mol. The number of hydrogen-bond donors (Lipinski definition) is 1. The number of fused-ring (bicyclic) bond motifs is 3. The second-order valence-corrected chi connectivity index (χ2v) is 11.4. The van der Waals surface area contributed by atoms with Gasteiger partial charge < -0.3 is 5.32 Å². The number of nitrogens with zero attached hydrogens (tertiary/aromatic N) is 4. The van der Waals surface area contributed by atoms with Crippen LogP contribution in [0.2, 0.25) is 0 Å². The summed E-state index contributed by atoms with van der Waals surface area (Å²) in [7, 11) is -3.02. The minimum Gasteiger partial charge on any atom is -0.369 e. The normalized spacial score (nSPS) is 20.1. The van der Waals surface area contributed by atoms with Crippen LogP contribution < -0.4 is 5.32 Å². The zero-order valence-electron chi connectivity index (χ0n) is 18.7. The van der Waals surface area contributed by atoms with Gasteiger partial charge in [0.2, 0.25) is 0 Å². The van der Waals surface area contributed by atoms with E-state index in [1.54, 1.807) is 10.7 Å². The summed E-state index contributed by atoms with van der Waals surface area (Å²) in [5, 5.41) is 7.90. The molecule has 0 bridgehead atoms. The Morgan fingerprint density at radius 1 is 1.09 bits per heavy atom. The van der Waals surface area contributed by atoms with Crippen LogP contribution in [-0.4, -0.2) is 51.8 Å². The Kier molecular flexibility index (Phi) is 5.09. The van der Waals surface area contributed by atoms with Crippen LogP contribution in [0.25, 0.3) is 22.3 Å². The largest absolute Gasteiger partial charge is 0.369 e. The summed E-state index contributed by atoms with van der Waals surface area (Å²) in [6.45, 7) is 0.539. The highest BCUT2D eigenvalue weighted by Gasteiger charge is 2.33. The predicted octanol–water partition coefficient (Wildman–Crippen LogP) is 3.82. The summed E-state index contributed by atoms with van der Waals surface area (Å²) in [5.74, 6) is 0.867. The van der Waals surface area contributed by atoms with Gasteiger partial charge in [-0.25, -0.2) is 13.4 Å². The Bertz CT molecular complexity index is 1450. The topological polar surface area (TPSA) is 106 Å². The second kappa shape index (κ2) is 8.16. The van der Waals surface area contributed by atoms with Crippen molar-refractivity contribution >= 4 is 32.7 Å². The van der Waals surface area contributed by atoms with E-state index >= 15 is 0 Å². The first kappa shape index (κ1) is 21.2. The minimum absolute atomic E-state index is 0.0310. The van der Waals surface area contributed by atoms with E-state index in [1.807, 2.05) is 18.3 Å². The monoisotopic (exact) mass is 475 g/mol. The number of carbonyl (C=O) groups excluding carboxylic acids is 1. The van der Waals surface area contributed by atoms with Gasteiger partial charge in [0.05, 0.1) is 34.7 Å². The Morgan fingerprint density at radius 3 is 2.68 bits per heavy atom. The first-order chi connectivity index (χ1) is 16.5. The summed E-state index contributed by atoms with van der Waals surface area (Å²) >= 11 is 0. The highest BCUT2D eigenvalue weighted by molar-refractivity contribution is 7.91. The van der Waals surface area contributed by atoms with Crippen molar-refractivity contribution in [3.05, 3.63) is 59.7 Å². The lowest BCUT2D eigenvalue weighted by Gasteiger charge is -2.27. The smallest absolute Gasteiger partial charge is 0.170 e. The molecular formula is C25H25N5O3S. The average molecular weight is 476 g/mol. The van der Waals surface area contributed by atoms with Gasteiger partial charge in [-0.1, -0.05) is 24.3 Å². The highest BCUT2D eigenvalue weighted by atomic mass is 32.2. The van der Waals surface area contributed by atoms with Gasteiger partial charge in [0, 0.05) is 36.2 Å². The number of pyridine rings is 1. The van der Waals surface area contributed by atoms with Gasteiger partial charge >= 0.3 is 0 Å². The second-order valence-electron chi connectivity index (χ2n) is 9.11. The Balaban J connectivity index is 1.45. The van der Waals surface area contributed by atoms with E-state index in [-0.39, 0.29) is 23.2 Å². The third kappa shape index (κ3) is 3.64. The lowest BCUT2D eigenvalue weighted by atomic mass is 9.91. The lowest BCUT2D eigenvalue weighted by molar-refractivity contribution is 0.0981. The number of nitrogens with one attached hydrogen (secondary N) is 1. The SMILES string of the molecule is O=C1CCNc2c1c(C1CCS(=O)(=O)CC1)nc1c(-c3ccc(C4=CCCC=C4)nc3)cnn21. The molecule has 1 saturated heterocycles. The van der Waals surface area contributed by atoms with Crippen molar-refractivity contribution in [2.75, 3.05) is 23.4 Å². The summed E-state index contributed by atoms with van der Waals surface area (Å²) in [5.41, 5.74) is 5.68. The molecule has 9 heteroatoms. The van der Waals surface area contributed by atoms with Crippen LogP contribution in [0.5, 0.6) is 0 Å². The zero-order chi connectivity index (χ0) is 23.3. The molecule has 0 atom stereocenters. The van der Waals surface area contributed by atoms with Crippen molar-refractivity contribution in [1.82, 2.24) is 19.6 Å². The number of anilines is 1. The molecule has 0 amide bonds. The van der Waals surface area contributed by atoms with E-state index in [1.165, 1.54) is 0 Å². The predicted molar refractivity (Wildman–Crippen MR) is 131 cm³/mol. The number of rotatable bonds is 3. The summed E-state index contributed by atoms with van der Waals surface area (Å²) in [4.78, 5) is 22.6. The van der Waals surface area contributed by atoms with E-state index in [0.29, 0.717) is 48.5 Å². The average Bonchev–Trinajstić information content (AvgIpc) is 3.29. The third-order valence-corrected chi connectivity index (χ3v) is 8.62. The molecule has 1 N–H and O–H groups in total. The molecule has 2 aliphatic heterocycles. The molecule has 0 aromatic carbocycles. The number of aromatic nitrogens is 4. The van der Waals surface area contributed by atoms with Gasteiger partial charge in [0.15, 0.2) is 11.4 Å². The Morgan fingerprint density at radius 2 is 1.94 bits per heavy atom. The van der Waals surface area contributed by atoms with Gasteiger partial charge in [-0.15, -0.1) is 0 Å². The molecule has 3 aromatic rings. The van der Waals surface area contributed by atoms with Crippen LogP contribution in [0.15, 0.2) is 42.8 Å². The molecule has 1 fully saturated rings. The van der Waals surface area contributed by atoms with E-state index < -0.39 is 9.84 Å². The summed E-state index contributed by atoms with van der Waals surface area (Å²) in [6.07, 6.45) is 13.5. The van der Waals surface area contributed by atoms with E-state index in [4.69, 9.17) is 4.98 Å². The maximum absolute atomic E-state index is 12.9. The number of allylic oxidation sites excluding steroid dienone is 4. The molecule has 3 aliphatic rings. The maximum atomic E-state index is 12.9. The third-order valence-electron chi connectivity index (χ3n) is 6.90. The van der Waals surface area contributed by atoms with Gasteiger partial charge in [-0.3, -0.25) is 9.78 Å². The highest BCUT2D eigenvalue weighted by Crippen LogP contribution is 2.37. The Labute approximate surface area is 197 Å². The van der Waals surface area contributed by atoms with Gasteiger partial charge in [0.25, 0.3) is 0 Å². The first-order valence-electron chi connectivity index (χ1n) is 11.7. The van der Waals surface area contributed by atoms with E-state index in [0.717, 1.165) is 35.2 Å². The molecule has 3 aromatic heterocycles. The number of Topliss-reactive ketones (excluding diaryl/α,β-unsaturated/α-hetero) is 1. The molecule has 0 spiro atoms. The van der Waals surface area contributed by atoms with E-state index in [9.17, 15) is 13.2 Å². The summed E-state index contributed by atoms with van der Waals surface area (Å²) < 4.78 is 25.7. The van der Waals surface area contributed by atoms with Crippen LogP contribution in [0.4, 0.5) is 5.82 Å². The van der Waals surface area contributed by atoms with Crippen molar-refractivity contribution in [1.29, 1.82) is 0 Å². The van der Waals surface area contributed by atoms with Crippen LogP contribution >= 0.6 is 0 Å². The Hall–Kier alpha value is -3.33. The zero-order valence-corrected chi connectivity index (χ0v) is 19.5. The fourth-order valence-corrected chi connectivity index (χ4v) is 6.55. The van der Waals surface area contributed by atoms with Crippen LogP contribution in [0, 0.1) is 0 Å². The number of sulfone groups is 1. The lowest BCUT2D eigenvalue weighted by Crippen LogP contribution is -2.28. The molecule has 0 radical (unpaired) electrons. The van der Waals surface area contributed by atoms with E-state index in [2.05, 4.69) is 33.6 Å².